The summed E-state index contributed by atoms with van der Waals surface area (Å²) in [4.78, 5) is 13.6. The van der Waals surface area contributed by atoms with E-state index in [1.807, 2.05) is 0 Å². The van der Waals surface area contributed by atoms with Gasteiger partial charge in [-0.05, 0) is 35.4 Å². The molecule has 108 valence electrons. The fourth-order valence-electron chi connectivity index (χ4n) is 2.34. The fraction of sp³-hybridized carbons (Fsp3) is 0.188. The van der Waals surface area contributed by atoms with E-state index in [1.54, 1.807) is 35.2 Å². The highest BCUT2D eigenvalue weighted by Gasteiger charge is 2.25. The molecule has 5 heteroatoms. The van der Waals surface area contributed by atoms with E-state index < -0.39 is 0 Å². The number of rotatable bonds is 3. The molecule has 0 unspecified atom stereocenters. The van der Waals surface area contributed by atoms with Crippen molar-refractivity contribution in [2.75, 3.05) is 11.5 Å². The highest BCUT2D eigenvalue weighted by atomic mass is 19.1. The van der Waals surface area contributed by atoms with Gasteiger partial charge in [0, 0.05) is 0 Å². The van der Waals surface area contributed by atoms with E-state index >= 15 is 0 Å². The van der Waals surface area contributed by atoms with Gasteiger partial charge in [-0.1, -0.05) is 18.2 Å². The Morgan fingerprint density at radius 1 is 1.19 bits per heavy atom. The maximum atomic E-state index is 13.3. The van der Waals surface area contributed by atoms with Crippen molar-refractivity contribution in [1.82, 2.24) is 0 Å². The Balaban J connectivity index is 1.93. The van der Waals surface area contributed by atoms with Crippen molar-refractivity contribution in [2.24, 2.45) is 0 Å². The molecule has 1 heterocycles. The average molecular weight is 287 g/mol. The first kappa shape index (κ1) is 13.6. The lowest BCUT2D eigenvalue weighted by atomic mass is 10.1. The van der Waals surface area contributed by atoms with Crippen molar-refractivity contribution < 1.29 is 19.0 Å². The molecule has 0 radical (unpaired) electrons. The van der Waals surface area contributed by atoms with Gasteiger partial charge in [-0.25, -0.2) is 4.39 Å². The summed E-state index contributed by atoms with van der Waals surface area (Å²) in [6.45, 7) is 0.136. The largest absolute Gasteiger partial charge is 0.482 e. The summed E-state index contributed by atoms with van der Waals surface area (Å²) in [6, 6.07) is 11.3. The van der Waals surface area contributed by atoms with Crippen LogP contribution in [0.25, 0.3) is 0 Å². The smallest absolute Gasteiger partial charge is 0.265 e. The minimum atomic E-state index is -0.330. The second-order valence-corrected chi connectivity index (χ2v) is 4.86. The molecule has 1 amide bonds. The number of fused-ring (bicyclic) bond motifs is 1. The molecular weight excluding hydrogens is 273 g/mol. The lowest BCUT2D eigenvalue weighted by molar-refractivity contribution is -0.121. The molecule has 0 saturated carbocycles. The number of carbonyl (C=O) groups is 1. The van der Waals surface area contributed by atoms with E-state index in [-0.39, 0.29) is 31.5 Å². The van der Waals surface area contributed by atoms with Crippen molar-refractivity contribution in [3.63, 3.8) is 0 Å². The van der Waals surface area contributed by atoms with Gasteiger partial charge < -0.3 is 14.7 Å². The van der Waals surface area contributed by atoms with Gasteiger partial charge in [-0.2, -0.15) is 0 Å². The normalized spacial score (nSPS) is 13.8. The third kappa shape index (κ3) is 2.73. The third-order valence-corrected chi connectivity index (χ3v) is 3.38. The van der Waals surface area contributed by atoms with Crippen LogP contribution in [0.3, 0.4) is 0 Å². The summed E-state index contributed by atoms with van der Waals surface area (Å²) in [7, 11) is 0. The topological polar surface area (TPSA) is 49.8 Å². The number of hydrogen-bond acceptors (Lipinski definition) is 3. The van der Waals surface area contributed by atoms with E-state index in [2.05, 4.69) is 0 Å². The summed E-state index contributed by atoms with van der Waals surface area (Å²) in [6.07, 6.45) is 0. The van der Waals surface area contributed by atoms with Crippen LogP contribution in [0.15, 0.2) is 42.5 Å². The Labute approximate surface area is 121 Å². The van der Waals surface area contributed by atoms with Gasteiger partial charge in [0.15, 0.2) is 6.61 Å². The van der Waals surface area contributed by atoms with Crippen molar-refractivity contribution in [3.05, 3.63) is 59.4 Å². The van der Waals surface area contributed by atoms with Crippen molar-refractivity contribution >= 4 is 11.6 Å². The highest BCUT2D eigenvalue weighted by Crippen LogP contribution is 2.34. The molecule has 0 bridgehead atoms. The molecule has 21 heavy (non-hydrogen) atoms. The van der Waals surface area contributed by atoms with Crippen LogP contribution < -0.4 is 9.64 Å². The van der Waals surface area contributed by atoms with Crippen LogP contribution in [0, 0.1) is 5.82 Å². The highest BCUT2D eigenvalue weighted by molar-refractivity contribution is 5.97. The number of aliphatic hydroxyl groups is 1. The molecule has 0 fully saturated rings. The molecule has 1 N–H and O–H groups in total. The first-order chi connectivity index (χ1) is 10.2. The Kier molecular flexibility index (Phi) is 3.58. The molecule has 0 aromatic heterocycles. The average Bonchev–Trinajstić information content (AvgIpc) is 2.50. The molecule has 0 aliphatic carbocycles. The van der Waals surface area contributed by atoms with Crippen LogP contribution in [0.1, 0.15) is 11.1 Å². The van der Waals surface area contributed by atoms with E-state index in [0.717, 1.165) is 0 Å². The predicted octanol–water partition coefficient (Wildman–Crippen LogP) is 2.24. The Morgan fingerprint density at radius 2 is 2.05 bits per heavy atom. The maximum Gasteiger partial charge on any atom is 0.265 e. The second-order valence-electron chi connectivity index (χ2n) is 4.86. The van der Waals surface area contributed by atoms with E-state index in [4.69, 9.17) is 9.84 Å². The molecule has 1 aliphatic rings. The number of benzene rings is 2. The lowest BCUT2D eigenvalue weighted by Crippen LogP contribution is -2.38. The van der Waals surface area contributed by atoms with E-state index in [1.165, 1.54) is 12.1 Å². The van der Waals surface area contributed by atoms with Gasteiger partial charge in [0.25, 0.3) is 5.91 Å². The fourth-order valence-corrected chi connectivity index (χ4v) is 2.34. The first-order valence-corrected chi connectivity index (χ1v) is 6.59. The number of hydrogen-bond donors (Lipinski definition) is 1. The van der Waals surface area contributed by atoms with Gasteiger partial charge >= 0.3 is 0 Å². The van der Waals surface area contributed by atoms with Crippen molar-refractivity contribution in [1.29, 1.82) is 0 Å². The van der Waals surface area contributed by atoms with Gasteiger partial charge in [-0.15, -0.1) is 0 Å². The van der Waals surface area contributed by atoms with E-state index in [9.17, 15) is 9.18 Å². The number of ether oxygens (including phenoxy) is 1. The van der Waals surface area contributed by atoms with Crippen LogP contribution in [-0.4, -0.2) is 17.6 Å². The number of nitrogens with zero attached hydrogens (tertiary/aromatic N) is 1. The maximum absolute atomic E-state index is 13.3. The van der Waals surface area contributed by atoms with Gasteiger partial charge in [0.05, 0.1) is 18.8 Å². The van der Waals surface area contributed by atoms with Crippen molar-refractivity contribution in [2.45, 2.75) is 13.2 Å². The van der Waals surface area contributed by atoms with Gasteiger partial charge in [0.2, 0.25) is 0 Å². The van der Waals surface area contributed by atoms with Crippen LogP contribution >= 0.6 is 0 Å². The quantitative estimate of drug-likeness (QED) is 0.942. The molecule has 2 aromatic rings. The monoisotopic (exact) mass is 287 g/mol. The van der Waals surface area contributed by atoms with Gasteiger partial charge in [0.1, 0.15) is 11.6 Å². The molecule has 3 rings (SSSR count). The van der Waals surface area contributed by atoms with Crippen molar-refractivity contribution in [3.8, 4) is 5.75 Å². The third-order valence-electron chi connectivity index (χ3n) is 3.38. The minimum absolute atomic E-state index is 0.0583. The summed E-state index contributed by atoms with van der Waals surface area (Å²) >= 11 is 0. The van der Waals surface area contributed by atoms with E-state index in [0.29, 0.717) is 22.6 Å². The zero-order valence-corrected chi connectivity index (χ0v) is 11.3. The van der Waals surface area contributed by atoms with Crippen LogP contribution in [-0.2, 0) is 17.9 Å². The molecule has 4 nitrogen and oxygen atoms in total. The van der Waals surface area contributed by atoms with Crippen LogP contribution in [0.2, 0.25) is 0 Å². The van der Waals surface area contributed by atoms with Gasteiger partial charge in [-0.3, -0.25) is 4.79 Å². The standard InChI is InChI=1S/C16H14FNO3/c17-13-3-1-2-11(6-13)8-18-14-5-4-12(9-19)7-15(14)21-10-16(18)20/h1-7,19H,8-10H2. The minimum Gasteiger partial charge on any atom is -0.482 e. The Morgan fingerprint density at radius 3 is 2.81 bits per heavy atom. The van der Waals surface area contributed by atoms with Crippen LogP contribution in [0.4, 0.5) is 10.1 Å². The molecule has 0 spiro atoms. The summed E-state index contributed by atoms with van der Waals surface area (Å²) < 4.78 is 18.7. The number of carbonyl (C=O) groups excluding carboxylic acids is 1. The first-order valence-electron chi connectivity index (χ1n) is 6.59. The van der Waals surface area contributed by atoms with Crippen LogP contribution in [0.5, 0.6) is 5.75 Å². The molecule has 2 aromatic carbocycles. The zero-order chi connectivity index (χ0) is 14.8. The predicted molar refractivity (Wildman–Crippen MR) is 75.4 cm³/mol. The molecule has 0 saturated heterocycles. The Bertz CT molecular complexity index is 687. The Hall–Kier alpha value is -2.40. The number of aliphatic hydroxyl groups excluding tert-OH is 1. The summed E-state index contributed by atoms with van der Waals surface area (Å²) in [5, 5.41) is 9.15. The number of anilines is 1. The SMILES string of the molecule is O=C1COc2cc(CO)ccc2N1Cc1cccc(F)c1. The lowest BCUT2D eigenvalue weighted by Gasteiger charge is -2.29. The summed E-state index contributed by atoms with van der Waals surface area (Å²) in [5.74, 6) is 0.0464. The summed E-state index contributed by atoms with van der Waals surface area (Å²) in [5.41, 5.74) is 2.06. The number of halogens is 1. The molecule has 1 aliphatic heterocycles. The molecule has 0 atom stereocenters. The second kappa shape index (κ2) is 5.54. The molecular formula is C16H14FNO3. The number of amides is 1. The zero-order valence-electron chi connectivity index (χ0n) is 11.3.